The molecule has 0 aromatic carbocycles. The topological polar surface area (TPSA) is 120 Å². The van der Waals surface area contributed by atoms with Crippen LogP contribution in [-0.4, -0.2) is 29.6 Å². The third-order valence-electron chi connectivity index (χ3n) is 2.65. The maximum Gasteiger partial charge on any atom is 0.264 e. The van der Waals surface area contributed by atoms with Gasteiger partial charge in [0.15, 0.2) is 5.82 Å². The Hall–Kier alpha value is -2.13. The number of nitrogens with zero attached hydrogens (tertiary/aromatic N) is 1. The number of hydrogen-bond acceptors (Lipinski definition) is 5. The maximum absolute atomic E-state index is 12.2. The first-order valence-corrected chi connectivity index (χ1v) is 7.84. The zero-order valence-corrected chi connectivity index (χ0v) is 12.5. The molecule has 0 amide bonds. The minimum absolute atomic E-state index is 0.0534. The van der Waals surface area contributed by atoms with Crippen molar-refractivity contribution in [2.24, 2.45) is 0 Å². The molecule has 0 atom stereocenters. The number of anilines is 1. The van der Waals surface area contributed by atoms with E-state index >= 15 is 0 Å². The Bertz CT molecular complexity index is 743. The van der Waals surface area contributed by atoms with Crippen molar-refractivity contribution >= 4 is 15.8 Å². The average molecular weight is 311 g/mol. The Balaban J connectivity index is 2.12. The van der Waals surface area contributed by atoms with Crippen LogP contribution in [0.1, 0.15) is 19.5 Å². The summed E-state index contributed by atoms with van der Waals surface area (Å²) >= 11 is 0. The molecule has 0 saturated carbocycles. The lowest BCUT2D eigenvalue weighted by atomic mass is 10.3. The molecule has 114 valence electrons. The average Bonchev–Trinajstić information content (AvgIpc) is 2.88. The van der Waals surface area contributed by atoms with Crippen molar-refractivity contribution in [3.8, 4) is 0 Å². The van der Waals surface area contributed by atoms with Gasteiger partial charge in [0.2, 0.25) is 0 Å². The second-order valence-electron chi connectivity index (χ2n) is 4.81. The molecule has 0 aliphatic carbocycles. The van der Waals surface area contributed by atoms with Crippen molar-refractivity contribution in [2.45, 2.75) is 31.3 Å². The van der Waals surface area contributed by atoms with Gasteiger partial charge in [0, 0.05) is 30.5 Å². The highest BCUT2D eigenvalue weighted by atomic mass is 32.2. The van der Waals surface area contributed by atoms with Crippen LogP contribution in [0.5, 0.6) is 0 Å². The van der Waals surface area contributed by atoms with Gasteiger partial charge >= 0.3 is 0 Å². The van der Waals surface area contributed by atoms with E-state index in [4.69, 9.17) is 0 Å². The number of H-pyrrole nitrogens is 2. The highest BCUT2D eigenvalue weighted by Gasteiger charge is 2.17. The van der Waals surface area contributed by atoms with E-state index in [1.54, 1.807) is 6.07 Å². The predicted octanol–water partition coefficient (Wildman–Crippen LogP) is 0.397. The van der Waals surface area contributed by atoms with Gasteiger partial charge in [-0.1, -0.05) is 13.8 Å². The van der Waals surface area contributed by atoms with E-state index in [0.29, 0.717) is 12.6 Å². The van der Waals surface area contributed by atoms with Gasteiger partial charge in [-0.25, -0.2) is 13.5 Å². The summed E-state index contributed by atoms with van der Waals surface area (Å²) in [4.78, 5) is 13.9. The summed E-state index contributed by atoms with van der Waals surface area (Å²) in [7, 11) is -3.74. The van der Waals surface area contributed by atoms with E-state index in [1.165, 1.54) is 18.3 Å². The molecule has 0 unspecified atom stereocenters. The van der Waals surface area contributed by atoms with E-state index in [-0.39, 0.29) is 10.7 Å². The molecular weight excluding hydrogens is 294 g/mol. The van der Waals surface area contributed by atoms with E-state index in [9.17, 15) is 13.2 Å². The number of sulfonamides is 1. The molecule has 8 nitrogen and oxygen atoms in total. The van der Waals surface area contributed by atoms with Crippen LogP contribution < -0.4 is 15.6 Å². The molecule has 0 spiro atoms. The Kier molecular flexibility index (Phi) is 4.43. The molecule has 2 aromatic rings. The van der Waals surface area contributed by atoms with Crippen LogP contribution in [-0.2, 0) is 16.6 Å². The van der Waals surface area contributed by atoms with Crippen LogP contribution >= 0.6 is 0 Å². The lowest BCUT2D eigenvalue weighted by Crippen LogP contribution is -2.21. The van der Waals surface area contributed by atoms with Crippen LogP contribution in [0, 0.1) is 0 Å². The Morgan fingerprint density at radius 2 is 2.10 bits per heavy atom. The van der Waals surface area contributed by atoms with Crippen LogP contribution in [0.4, 0.5) is 5.82 Å². The van der Waals surface area contributed by atoms with Crippen molar-refractivity contribution in [3.63, 3.8) is 0 Å². The summed E-state index contributed by atoms with van der Waals surface area (Å²) in [6.07, 6.45) is 1.41. The highest BCUT2D eigenvalue weighted by molar-refractivity contribution is 7.92. The van der Waals surface area contributed by atoms with Gasteiger partial charge in [0.25, 0.3) is 15.6 Å². The van der Waals surface area contributed by atoms with Gasteiger partial charge in [-0.2, -0.15) is 5.10 Å². The van der Waals surface area contributed by atoms with Gasteiger partial charge in [-0.15, -0.1) is 0 Å². The van der Waals surface area contributed by atoms with Crippen molar-refractivity contribution in [2.75, 3.05) is 4.72 Å². The van der Waals surface area contributed by atoms with E-state index in [0.717, 1.165) is 5.69 Å². The summed E-state index contributed by atoms with van der Waals surface area (Å²) in [5.41, 5.74) is 0.361. The molecule has 4 N–H and O–H groups in total. The summed E-state index contributed by atoms with van der Waals surface area (Å²) in [5.74, 6) is 0.0534. The lowest BCUT2D eigenvalue weighted by molar-refractivity contribution is 0.582. The van der Waals surface area contributed by atoms with Gasteiger partial charge in [0.1, 0.15) is 4.90 Å². The Morgan fingerprint density at radius 1 is 1.33 bits per heavy atom. The van der Waals surface area contributed by atoms with Crippen LogP contribution in [0.15, 0.2) is 34.1 Å². The molecule has 0 saturated heterocycles. The molecule has 21 heavy (non-hydrogen) atoms. The summed E-state index contributed by atoms with van der Waals surface area (Å²) in [5, 5.41) is 8.95. The third-order valence-corrected chi connectivity index (χ3v) is 3.98. The summed E-state index contributed by atoms with van der Waals surface area (Å²) < 4.78 is 26.6. The highest BCUT2D eigenvalue weighted by Crippen LogP contribution is 2.14. The molecule has 2 rings (SSSR count). The molecule has 0 aliphatic heterocycles. The molecular formula is C12H17N5O3S. The number of aromatic amines is 2. The minimum atomic E-state index is -3.74. The number of aromatic nitrogens is 3. The number of hydrogen-bond donors (Lipinski definition) is 4. The smallest absolute Gasteiger partial charge is 0.264 e. The molecule has 2 heterocycles. The first-order valence-electron chi connectivity index (χ1n) is 6.36. The van der Waals surface area contributed by atoms with Crippen LogP contribution in [0.2, 0.25) is 0 Å². The Labute approximate surface area is 122 Å². The third kappa shape index (κ3) is 4.17. The molecule has 0 bridgehead atoms. The van der Waals surface area contributed by atoms with E-state index in [2.05, 4.69) is 25.2 Å². The fraction of sp³-hybridized carbons (Fsp3) is 0.333. The zero-order chi connectivity index (χ0) is 15.5. The van der Waals surface area contributed by atoms with E-state index < -0.39 is 15.6 Å². The fourth-order valence-corrected chi connectivity index (χ4v) is 2.61. The van der Waals surface area contributed by atoms with Crippen LogP contribution in [0.25, 0.3) is 0 Å². The normalized spacial score (nSPS) is 11.8. The molecule has 0 fully saturated rings. The largest absolute Gasteiger partial charge is 0.363 e. The fourth-order valence-electron chi connectivity index (χ4n) is 1.59. The first-order chi connectivity index (χ1) is 9.87. The van der Waals surface area contributed by atoms with Gasteiger partial charge in [-0.05, 0) is 12.1 Å². The molecule has 0 radical (unpaired) electrons. The van der Waals surface area contributed by atoms with Gasteiger partial charge in [-0.3, -0.25) is 9.52 Å². The quantitative estimate of drug-likeness (QED) is 0.615. The monoisotopic (exact) mass is 311 g/mol. The first kappa shape index (κ1) is 15.3. The lowest BCUT2D eigenvalue weighted by Gasteiger charge is -2.06. The van der Waals surface area contributed by atoms with Crippen molar-refractivity contribution < 1.29 is 8.42 Å². The van der Waals surface area contributed by atoms with Crippen molar-refractivity contribution in [3.05, 3.63) is 40.4 Å². The summed E-state index contributed by atoms with van der Waals surface area (Å²) in [6.45, 7) is 4.55. The molecule has 2 aromatic heterocycles. The summed E-state index contributed by atoms with van der Waals surface area (Å²) in [6, 6.07) is 4.34. The molecule has 0 aliphatic rings. The molecule has 9 heteroatoms. The van der Waals surface area contributed by atoms with Gasteiger partial charge in [0.05, 0.1) is 0 Å². The zero-order valence-electron chi connectivity index (χ0n) is 11.7. The Morgan fingerprint density at radius 3 is 2.71 bits per heavy atom. The van der Waals surface area contributed by atoms with E-state index in [1.807, 2.05) is 13.8 Å². The second-order valence-corrected chi connectivity index (χ2v) is 6.49. The number of nitrogens with one attached hydrogen (secondary N) is 4. The maximum atomic E-state index is 12.2. The SMILES string of the molecule is CC(C)NCc1cc(S(=O)(=O)Nc2ccc(=O)[nH]n2)c[nH]1. The van der Waals surface area contributed by atoms with Crippen molar-refractivity contribution in [1.29, 1.82) is 0 Å². The predicted molar refractivity (Wildman–Crippen MR) is 78.4 cm³/mol. The minimum Gasteiger partial charge on any atom is -0.363 e. The van der Waals surface area contributed by atoms with Crippen LogP contribution in [0.3, 0.4) is 0 Å². The van der Waals surface area contributed by atoms with Crippen molar-refractivity contribution in [1.82, 2.24) is 20.5 Å². The second kappa shape index (κ2) is 6.10. The van der Waals surface area contributed by atoms with Gasteiger partial charge < -0.3 is 10.3 Å². The number of rotatable bonds is 6. The standard InChI is InChI=1S/C12H17N5O3S/c1-8(2)13-6-9-5-10(7-14-9)21(19,20)17-11-3-4-12(18)16-15-11/h3-5,7-8,13-14H,6H2,1-2H3,(H,15,17)(H,16,18).